The van der Waals surface area contributed by atoms with Crippen LogP contribution in [0.5, 0.6) is 5.75 Å². The molecule has 6 heteroatoms. The van der Waals surface area contributed by atoms with Gasteiger partial charge >= 0.3 is 0 Å². The first kappa shape index (κ1) is 30.9. The fourth-order valence-electron chi connectivity index (χ4n) is 3.45. The van der Waals surface area contributed by atoms with Gasteiger partial charge in [-0.3, -0.25) is 4.79 Å². The van der Waals surface area contributed by atoms with Crippen LogP contribution in [0.2, 0.25) is 0 Å². The summed E-state index contributed by atoms with van der Waals surface area (Å²) in [5.41, 5.74) is 5.10. The number of ketones is 1. The number of benzene rings is 3. The Labute approximate surface area is 232 Å². The van der Waals surface area contributed by atoms with Crippen LogP contribution in [0.25, 0.3) is 22.4 Å². The first-order valence-electron chi connectivity index (χ1n) is 13.1. The summed E-state index contributed by atoms with van der Waals surface area (Å²) >= 11 is 0. The Morgan fingerprint density at radius 1 is 0.821 bits per heavy atom. The highest BCUT2D eigenvalue weighted by Crippen LogP contribution is 2.27. The van der Waals surface area contributed by atoms with Gasteiger partial charge in [-0.05, 0) is 61.4 Å². The van der Waals surface area contributed by atoms with Gasteiger partial charge in [0.05, 0.1) is 12.3 Å². The Kier molecular flexibility index (Phi) is 14.3. The Morgan fingerprint density at radius 2 is 1.41 bits per heavy atom. The number of hydrogen-bond donors (Lipinski definition) is 1. The lowest BCUT2D eigenvalue weighted by atomic mass is 10.0. The monoisotopic (exact) mass is 526 g/mol. The van der Waals surface area contributed by atoms with Crippen molar-refractivity contribution >= 4 is 17.9 Å². The van der Waals surface area contributed by atoms with E-state index in [0.29, 0.717) is 12.2 Å². The average Bonchev–Trinajstić information content (AvgIpc) is 3.01. The van der Waals surface area contributed by atoms with Crippen LogP contribution in [0.4, 0.5) is 5.82 Å². The van der Waals surface area contributed by atoms with Gasteiger partial charge in [0.2, 0.25) is 0 Å². The van der Waals surface area contributed by atoms with Crippen molar-refractivity contribution in [1.82, 2.24) is 4.98 Å². The number of aromatic nitrogens is 1. The minimum Gasteiger partial charge on any atom is -0.494 e. The van der Waals surface area contributed by atoms with Crippen LogP contribution in [0.1, 0.15) is 37.0 Å². The van der Waals surface area contributed by atoms with E-state index >= 15 is 0 Å². The van der Waals surface area contributed by atoms with Crippen molar-refractivity contribution in [2.45, 2.75) is 26.7 Å². The maximum absolute atomic E-state index is 11.5. The molecule has 0 aliphatic carbocycles. The molecule has 4 rings (SSSR count). The van der Waals surface area contributed by atoms with Crippen molar-refractivity contribution in [3.05, 3.63) is 103 Å². The molecule has 0 aliphatic rings. The van der Waals surface area contributed by atoms with Crippen molar-refractivity contribution in [3.8, 4) is 28.1 Å². The quantitative estimate of drug-likeness (QED) is 0.172. The van der Waals surface area contributed by atoms with Crippen LogP contribution in [0.3, 0.4) is 0 Å². The summed E-state index contributed by atoms with van der Waals surface area (Å²) < 4.78 is 9.80. The van der Waals surface area contributed by atoms with E-state index in [0.717, 1.165) is 35.7 Å². The number of ether oxygens (including phenoxy) is 2. The first-order valence-corrected chi connectivity index (χ1v) is 13.1. The summed E-state index contributed by atoms with van der Waals surface area (Å²) in [6.07, 6.45) is 1.32. The van der Waals surface area contributed by atoms with Gasteiger partial charge in [-0.25, -0.2) is 4.98 Å². The maximum Gasteiger partial charge on any atom is 0.163 e. The summed E-state index contributed by atoms with van der Waals surface area (Å²) in [5, 5.41) is 3.14. The van der Waals surface area contributed by atoms with Crippen LogP contribution < -0.4 is 10.1 Å². The number of aldehydes is 1. The molecule has 0 spiro atoms. The second-order valence-corrected chi connectivity index (χ2v) is 8.27. The molecule has 0 unspecified atom stereocenters. The average molecular weight is 527 g/mol. The number of methoxy groups -OCH3 is 1. The lowest BCUT2D eigenvalue weighted by molar-refractivity contribution is -0.107. The van der Waals surface area contributed by atoms with E-state index < -0.39 is 0 Å². The summed E-state index contributed by atoms with van der Waals surface area (Å²) in [4.78, 5) is 26.2. The Bertz CT molecular complexity index is 1180. The van der Waals surface area contributed by atoms with Gasteiger partial charge < -0.3 is 19.6 Å². The molecule has 1 heterocycles. The zero-order valence-electron chi connectivity index (χ0n) is 23.2. The third-order valence-corrected chi connectivity index (χ3v) is 5.52. The molecule has 1 aromatic heterocycles. The normalized spacial score (nSPS) is 9.74. The fourth-order valence-corrected chi connectivity index (χ4v) is 3.45. The molecule has 39 heavy (non-hydrogen) atoms. The van der Waals surface area contributed by atoms with E-state index in [1.807, 2.05) is 45.2 Å². The maximum atomic E-state index is 11.5. The molecule has 204 valence electrons. The number of nitrogens with one attached hydrogen (secondary N) is 1. The topological polar surface area (TPSA) is 77.5 Å². The fraction of sp³-hybridized carbons (Fsp3) is 0.242. The molecule has 6 nitrogen and oxygen atoms in total. The van der Waals surface area contributed by atoms with Crippen molar-refractivity contribution in [2.24, 2.45) is 0 Å². The zero-order valence-corrected chi connectivity index (χ0v) is 23.2. The van der Waals surface area contributed by atoms with Crippen LogP contribution in [0.15, 0.2) is 97.1 Å². The molecule has 0 atom stereocenters. The highest BCUT2D eigenvalue weighted by atomic mass is 16.5. The van der Waals surface area contributed by atoms with E-state index in [4.69, 9.17) is 4.74 Å². The zero-order chi connectivity index (χ0) is 28.3. The van der Waals surface area contributed by atoms with E-state index in [1.165, 1.54) is 11.1 Å². The number of carbonyl (C=O) groups is 2. The number of Topliss-reactive ketones (excluding diaryl/α,β-unsaturated/α-hetero) is 1. The van der Waals surface area contributed by atoms with Crippen molar-refractivity contribution in [3.63, 3.8) is 0 Å². The minimum atomic E-state index is -0.00912. The van der Waals surface area contributed by atoms with Gasteiger partial charge in [0.25, 0.3) is 0 Å². The molecule has 0 saturated heterocycles. The Hall–Kier alpha value is -4.29. The summed E-state index contributed by atoms with van der Waals surface area (Å²) in [6.45, 7) is 5.29. The van der Waals surface area contributed by atoms with Gasteiger partial charge in [-0.2, -0.15) is 0 Å². The molecular weight excluding hydrogens is 488 g/mol. The standard InChI is InChI=1S/C18H16N2.C12H14O3.C3H8O/c1-19-18-13-16(14-8-4-2-5-9-14)12-17(20-18)15-10-6-3-7-11-15;1-2-15-11-7-5-10(6-8-11)12(14)4-3-9-13;1-3-4-2/h2-13H,1H3,(H,19,20);5-9H,2-4H2,1H3;3H2,1-2H3. The molecule has 0 radical (unpaired) electrons. The predicted octanol–water partition coefficient (Wildman–Crippen LogP) is 7.36. The second-order valence-electron chi connectivity index (χ2n) is 8.27. The molecule has 0 amide bonds. The second kappa shape index (κ2) is 18.0. The predicted molar refractivity (Wildman–Crippen MR) is 159 cm³/mol. The first-order chi connectivity index (χ1) is 19.1. The number of rotatable bonds is 10. The third kappa shape index (κ3) is 10.9. The van der Waals surface area contributed by atoms with Gasteiger partial charge in [0.15, 0.2) is 5.78 Å². The Morgan fingerprint density at radius 3 is 1.92 bits per heavy atom. The molecule has 0 saturated carbocycles. The molecule has 0 fully saturated rings. The van der Waals surface area contributed by atoms with Gasteiger partial charge in [0, 0.05) is 44.7 Å². The molecule has 0 bridgehead atoms. The smallest absolute Gasteiger partial charge is 0.163 e. The summed E-state index contributed by atoms with van der Waals surface area (Å²) in [7, 11) is 3.58. The number of pyridine rings is 1. The number of anilines is 1. The number of carbonyl (C=O) groups excluding carboxylic acids is 2. The van der Waals surface area contributed by atoms with Crippen molar-refractivity contribution in [1.29, 1.82) is 0 Å². The van der Waals surface area contributed by atoms with E-state index in [9.17, 15) is 9.59 Å². The van der Waals surface area contributed by atoms with Crippen LogP contribution in [-0.4, -0.2) is 44.4 Å². The lowest BCUT2D eigenvalue weighted by Crippen LogP contribution is -1.99. The van der Waals surface area contributed by atoms with Crippen LogP contribution in [0, 0.1) is 0 Å². The molecule has 1 N–H and O–H groups in total. The summed E-state index contributed by atoms with van der Waals surface area (Å²) in [6, 6.07) is 31.8. The largest absolute Gasteiger partial charge is 0.494 e. The van der Waals surface area contributed by atoms with Gasteiger partial charge in [0.1, 0.15) is 17.9 Å². The van der Waals surface area contributed by atoms with Gasteiger partial charge in [-0.15, -0.1) is 0 Å². The van der Waals surface area contributed by atoms with Crippen molar-refractivity contribution in [2.75, 3.05) is 32.7 Å². The Balaban J connectivity index is 0.000000249. The highest BCUT2D eigenvalue weighted by molar-refractivity contribution is 5.96. The molecule has 4 aromatic rings. The summed E-state index contributed by atoms with van der Waals surface area (Å²) in [5.74, 6) is 1.62. The molecule has 3 aromatic carbocycles. The van der Waals surface area contributed by atoms with Crippen molar-refractivity contribution < 1.29 is 19.1 Å². The highest BCUT2D eigenvalue weighted by Gasteiger charge is 2.06. The minimum absolute atomic E-state index is 0.00912. The molecular formula is C33H38N2O4. The van der Waals surface area contributed by atoms with E-state index in [-0.39, 0.29) is 18.6 Å². The van der Waals surface area contributed by atoms with Crippen LogP contribution >= 0.6 is 0 Å². The third-order valence-electron chi connectivity index (χ3n) is 5.52. The lowest BCUT2D eigenvalue weighted by Gasteiger charge is -2.09. The number of hydrogen-bond acceptors (Lipinski definition) is 6. The molecule has 0 aliphatic heterocycles. The number of nitrogens with zero attached hydrogens (tertiary/aromatic N) is 1. The van der Waals surface area contributed by atoms with E-state index in [1.54, 1.807) is 31.4 Å². The van der Waals surface area contributed by atoms with Gasteiger partial charge in [-0.1, -0.05) is 60.7 Å². The SMILES string of the molecule is CCOC.CCOc1ccc(C(=O)CCC=O)cc1.CNc1cc(-c2ccccc2)cc(-c2ccccc2)n1. The van der Waals surface area contributed by atoms with Crippen LogP contribution in [-0.2, 0) is 9.53 Å². The van der Waals surface area contributed by atoms with E-state index in [2.05, 4.69) is 63.6 Å².